The molecule has 0 fully saturated rings. The highest BCUT2D eigenvalue weighted by Gasteiger charge is 2.26. The molecule has 0 amide bonds. The average Bonchev–Trinajstić information content (AvgIpc) is 2.45. The van der Waals surface area contributed by atoms with Crippen LogP contribution in [0, 0.1) is 0 Å². The fourth-order valence-electron chi connectivity index (χ4n) is 1.47. The maximum absolute atomic E-state index is 5.68. The van der Waals surface area contributed by atoms with Crippen LogP contribution in [0.3, 0.4) is 0 Å². The molecule has 2 rings (SSSR count). The zero-order valence-corrected chi connectivity index (χ0v) is 10.0. The van der Waals surface area contributed by atoms with E-state index >= 15 is 0 Å². The third-order valence-electron chi connectivity index (χ3n) is 2.10. The number of aliphatic imine (C=N–C) groups is 1. The number of aromatic nitrogens is 1. The number of rotatable bonds is 1. The molecule has 0 aromatic carbocycles. The Bertz CT molecular complexity index is 380. The zero-order chi connectivity index (χ0) is 10.1. The van der Waals surface area contributed by atoms with E-state index in [0.29, 0.717) is 10.4 Å². The summed E-state index contributed by atoms with van der Waals surface area (Å²) in [5.74, 6) is 0. The van der Waals surface area contributed by atoms with Crippen LogP contribution in [0.4, 0.5) is 0 Å². The fraction of sp³-hybridized carbons (Fsp3) is 0.333. The molecule has 0 aliphatic carbocycles. The van der Waals surface area contributed by atoms with Crippen molar-refractivity contribution in [3.8, 4) is 0 Å². The summed E-state index contributed by atoms with van der Waals surface area (Å²) in [6.07, 6.45) is 1.79. The van der Waals surface area contributed by atoms with Gasteiger partial charge in [-0.25, -0.2) is 4.98 Å². The zero-order valence-electron chi connectivity index (χ0n) is 7.64. The van der Waals surface area contributed by atoms with Gasteiger partial charge in [0.25, 0.3) is 0 Å². The number of nitrogens with two attached hydrogens (primary N) is 1. The number of hydrogen-bond donors (Lipinski definition) is 1. The molecule has 0 spiro atoms. The molecule has 74 valence electrons. The van der Waals surface area contributed by atoms with Crippen LogP contribution in [-0.2, 0) is 0 Å². The van der Waals surface area contributed by atoms with Crippen molar-refractivity contribution in [3.63, 3.8) is 0 Å². The van der Waals surface area contributed by atoms with Crippen molar-refractivity contribution in [2.24, 2.45) is 10.7 Å². The standard InChI is InChI=1S/C9H10BrN3S/c1-5-8(14-9(11)13-5)6-2-3-12-7(10)4-6/h2-5,8H,1H3,(H2,11,13). The van der Waals surface area contributed by atoms with Gasteiger partial charge in [-0.05, 0) is 40.5 Å². The van der Waals surface area contributed by atoms with E-state index in [0.717, 1.165) is 4.60 Å². The van der Waals surface area contributed by atoms with Gasteiger partial charge >= 0.3 is 0 Å². The summed E-state index contributed by atoms with van der Waals surface area (Å²) in [5, 5.41) is 1.00. The summed E-state index contributed by atoms with van der Waals surface area (Å²) in [6.45, 7) is 2.08. The monoisotopic (exact) mass is 271 g/mol. The average molecular weight is 272 g/mol. The Kier molecular flexibility index (Phi) is 2.78. The van der Waals surface area contributed by atoms with Crippen LogP contribution in [0.1, 0.15) is 17.7 Å². The van der Waals surface area contributed by atoms with Crippen LogP contribution in [0.5, 0.6) is 0 Å². The summed E-state index contributed by atoms with van der Waals surface area (Å²) in [6, 6.07) is 4.27. The second kappa shape index (κ2) is 3.90. The Balaban J connectivity index is 2.25. The number of thioether (sulfide) groups is 1. The Labute approximate surface area is 95.3 Å². The number of nitrogens with zero attached hydrogens (tertiary/aromatic N) is 2. The minimum Gasteiger partial charge on any atom is -0.379 e. The summed E-state index contributed by atoms with van der Waals surface area (Å²) in [7, 11) is 0. The molecule has 1 aromatic rings. The second-order valence-corrected chi connectivity index (χ2v) is 5.13. The van der Waals surface area contributed by atoms with Crippen LogP contribution >= 0.6 is 27.7 Å². The van der Waals surface area contributed by atoms with Gasteiger partial charge < -0.3 is 5.73 Å². The van der Waals surface area contributed by atoms with Gasteiger partial charge in [-0.2, -0.15) is 0 Å². The molecule has 14 heavy (non-hydrogen) atoms. The van der Waals surface area contributed by atoms with Crippen molar-refractivity contribution in [2.75, 3.05) is 0 Å². The number of halogens is 1. The molecule has 5 heteroatoms. The largest absolute Gasteiger partial charge is 0.379 e. The molecule has 1 aromatic heterocycles. The SMILES string of the molecule is CC1N=C(N)SC1c1ccnc(Br)c1. The first-order valence-corrected chi connectivity index (χ1v) is 5.95. The highest BCUT2D eigenvalue weighted by Crippen LogP contribution is 2.38. The lowest BCUT2D eigenvalue weighted by Gasteiger charge is -2.12. The van der Waals surface area contributed by atoms with Crippen molar-refractivity contribution >= 4 is 32.9 Å². The van der Waals surface area contributed by atoms with Gasteiger partial charge in [0.05, 0.1) is 11.3 Å². The van der Waals surface area contributed by atoms with Crippen molar-refractivity contribution < 1.29 is 0 Å². The second-order valence-electron chi connectivity index (χ2n) is 3.16. The molecule has 3 nitrogen and oxygen atoms in total. The first kappa shape index (κ1) is 9.98. The molecule has 2 heterocycles. The first-order valence-electron chi connectivity index (χ1n) is 4.28. The molecular formula is C9H10BrN3S. The minimum atomic E-state index is 0.245. The van der Waals surface area contributed by atoms with Gasteiger partial charge in [-0.3, -0.25) is 4.99 Å². The van der Waals surface area contributed by atoms with Gasteiger partial charge in [0.2, 0.25) is 0 Å². The highest BCUT2D eigenvalue weighted by atomic mass is 79.9. The predicted molar refractivity (Wildman–Crippen MR) is 63.4 cm³/mol. The van der Waals surface area contributed by atoms with Gasteiger partial charge in [0.15, 0.2) is 5.17 Å². The summed E-state index contributed by atoms with van der Waals surface area (Å²) >= 11 is 4.97. The molecule has 0 saturated carbocycles. The van der Waals surface area contributed by atoms with E-state index in [1.165, 1.54) is 5.56 Å². The van der Waals surface area contributed by atoms with E-state index in [9.17, 15) is 0 Å². The van der Waals surface area contributed by atoms with Crippen LogP contribution in [0.2, 0.25) is 0 Å². The minimum absolute atomic E-state index is 0.245. The van der Waals surface area contributed by atoms with E-state index in [2.05, 4.69) is 32.8 Å². The van der Waals surface area contributed by atoms with Gasteiger partial charge in [-0.1, -0.05) is 11.8 Å². The van der Waals surface area contributed by atoms with E-state index in [1.807, 2.05) is 12.1 Å². The Morgan fingerprint density at radius 1 is 1.57 bits per heavy atom. The van der Waals surface area contributed by atoms with Crippen LogP contribution < -0.4 is 5.73 Å². The summed E-state index contributed by atoms with van der Waals surface area (Å²) in [5.41, 5.74) is 6.89. The molecule has 1 aliphatic rings. The lowest BCUT2D eigenvalue weighted by molar-refractivity contribution is 0.738. The Morgan fingerprint density at radius 2 is 2.36 bits per heavy atom. The van der Waals surface area contributed by atoms with Crippen LogP contribution in [0.15, 0.2) is 27.9 Å². The van der Waals surface area contributed by atoms with Gasteiger partial charge in [-0.15, -0.1) is 0 Å². The van der Waals surface area contributed by atoms with E-state index in [1.54, 1.807) is 18.0 Å². The number of pyridine rings is 1. The van der Waals surface area contributed by atoms with Crippen molar-refractivity contribution in [3.05, 3.63) is 28.5 Å². The molecule has 0 radical (unpaired) electrons. The normalized spacial score (nSPS) is 26.3. The third-order valence-corrected chi connectivity index (χ3v) is 3.80. The number of amidine groups is 1. The summed E-state index contributed by atoms with van der Waals surface area (Å²) in [4.78, 5) is 8.39. The number of hydrogen-bond acceptors (Lipinski definition) is 4. The van der Waals surface area contributed by atoms with Gasteiger partial charge in [0, 0.05) is 6.20 Å². The molecular weight excluding hydrogens is 262 g/mol. The molecule has 2 N–H and O–H groups in total. The predicted octanol–water partition coefficient (Wildman–Crippen LogP) is 2.34. The van der Waals surface area contributed by atoms with E-state index in [-0.39, 0.29) is 6.04 Å². The maximum atomic E-state index is 5.68. The van der Waals surface area contributed by atoms with Crippen LogP contribution in [0.25, 0.3) is 0 Å². The maximum Gasteiger partial charge on any atom is 0.154 e. The lowest BCUT2D eigenvalue weighted by atomic mass is 10.1. The Morgan fingerprint density at radius 3 is 2.93 bits per heavy atom. The van der Waals surface area contributed by atoms with Crippen molar-refractivity contribution in [1.29, 1.82) is 0 Å². The molecule has 1 aliphatic heterocycles. The lowest BCUT2D eigenvalue weighted by Crippen LogP contribution is -2.05. The molecule has 0 saturated heterocycles. The van der Waals surface area contributed by atoms with E-state index < -0.39 is 0 Å². The Hall–Kier alpha value is -0.550. The fourth-order valence-corrected chi connectivity index (χ4v) is 2.88. The third kappa shape index (κ3) is 1.93. The quantitative estimate of drug-likeness (QED) is 0.798. The first-order chi connectivity index (χ1) is 6.66. The highest BCUT2D eigenvalue weighted by molar-refractivity contribution is 9.10. The van der Waals surface area contributed by atoms with Crippen molar-refractivity contribution in [2.45, 2.75) is 18.2 Å². The smallest absolute Gasteiger partial charge is 0.154 e. The molecule has 0 bridgehead atoms. The molecule has 2 unspecified atom stereocenters. The van der Waals surface area contributed by atoms with Gasteiger partial charge in [0.1, 0.15) is 4.60 Å². The van der Waals surface area contributed by atoms with Crippen molar-refractivity contribution in [1.82, 2.24) is 4.98 Å². The molecule has 2 atom stereocenters. The summed E-state index contributed by atoms with van der Waals surface area (Å²) < 4.78 is 0.855. The van der Waals surface area contributed by atoms with Crippen LogP contribution in [-0.4, -0.2) is 16.2 Å². The topological polar surface area (TPSA) is 51.3 Å². The van der Waals surface area contributed by atoms with E-state index in [4.69, 9.17) is 5.73 Å².